The largest absolute Gasteiger partial charge is 0.488 e. The Labute approximate surface area is 234 Å². The van der Waals surface area contributed by atoms with E-state index in [2.05, 4.69) is 27.5 Å². The molecule has 5 rings (SSSR count). The van der Waals surface area contributed by atoms with Gasteiger partial charge in [-0.2, -0.15) is 0 Å². The van der Waals surface area contributed by atoms with Crippen molar-refractivity contribution in [3.05, 3.63) is 60.3 Å². The number of urea groups is 1. The molecule has 0 radical (unpaired) electrons. The molecule has 0 saturated carbocycles. The zero-order valence-corrected chi connectivity index (χ0v) is 22.9. The minimum atomic E-state index is -0.342. The second-order valence-electron chi connectivity index (χ2n) is 9.70. The third kappa shape index (κ3) is 6.49. The highest BCUT2D eigenvalue weighted by Crippen LogP contribution is 2.34. The van der Waals surface area contributed by atoms with Crippen LogP contribution in [-0.2, 0) is 4.74 Å². The molecule has 0 unspecified atom stereocenters. The van der Waals surface area contributed by atoms with Crippen molar-refractivity contribution in [2.24, 2.45) is 0 Å². The Morgan fingerprint density at radius 3 is 2.17 bits per heavy atom. The summed E-state index contributed by atoms with van der Waals surface area (Å²) in [6, 6.07) is 16.1. The maximum atomic E-state index is 13.8. The maximum absolute atomic E-state index is 13.8. The molecule has 0 atom stereocenters. The van der Waals surface area contributed by atoms with Crippen molar-refractivity contribution in [1.82, 2.24) is 19.8 Å². The number of benzene rings is 2. The Morgan fingerprint density at radius 2 is 1.52 bits per heavy atom. The number of aromatic nitrogens is 2. The molecule has 0 spiro atoms. The lowest BCUT2D eigenvalue weighted by molar-refractivity contribution is 0.0653. The molecule has 2 aromatic carbocycles. The molecule has 210 valence electrons. The van der Waals surface area contributed by atoms with E-state index in [0.717, 1.165) is 18.7 Å². The molecule has 2 aliphatic heterocycles. The Balaban J connectivity index is 1.44. The summed E-state index contributed by atoms with van der Waals surface area (Å²) in [6.45, 7) is 7.53. The summed E-state index contributed by atoms with van der Waals surface area (Å²) >= 11 is 0. The third-order valence-corrected chi connectivity index (χ3v) is 6.87. The highest BCUT2D eigenvalue weighted by atomic mass is 16.5. The Hall–Kier alpha value is -4.22. The smallest absolute Gasteiger partial charge is 0.323 e. The summed E-state index contributed by atoms with van der Waals surface area (Å²) in [4.78, 5) is 42.0. The highest BCUT2D eigenvalue weighted by molar-refractivity contribution is 6.00. The van der Waals surface area contributed by atoms with Crippen LogP contribution in [0.2, 0.25) is 0 Å². The van der Waals surface area contributed by atoms with Crippen molar-refractivity contribution in [3.63, 3.8) is 0 Å². The number of hydrogen-bond acceptors (Lipinski definition) is 8. The van der Waals surface area contributed by atoms with Gasteiger partial charge < -0.3 is 34.8 Å². The molecule has 3 aromatic rings. The second-order valence-corrected chi connectivity index (χ2v) is 9.70. The van der Waals surface area contributed by atoms with Crippen LogP contribution in [0.25, 0.3) is 11.4 Å². The average molecular weight is 546 g/mol. The highest BCUT2D eigenvalue weighted by Gasteiger charge is 2.30. The molecule has 11 nitrogen and oxygen atoms in total. The van der Waals surface area contributed by atoms with E-state index in [1.54, 1.807) is 12.1 Å². The van der Waals surface area contributed by atoms with Crippen LogP contribution >= 0.6 is 0 Å². The number of nitrogens with one attached hydrogen (secondary N) is 2. The SMILES string of the molecule is CCOc1c(C(=O)N2CCN(C)CC2)nc(-c2ccc(NC(=O)Nc3ccccc3)cc2)nc1N1CCOCC1. The number of amides is 3. The molecule has 3 amide bonds. The van der Waals surface area contributed by atoms with Gasteiger partial charge in [-0.3, -0.25) is 4.79 Å². The van der Waals surface area contributed by atoms with Crippen molar-refractivity contribution in [2.45, 2.75) is 6.92 Å². The van der Waals surface area contributed by atoms with Gasteiger partial charge in [0.05, 0.1) is 19.8 Å². The summed E-state index contributed by atoms with van der Waals surface area (Å²) in [6.07, 6.45) is 0. The van der Waals surface area contributed by atoms with E-state index >= 15 is 0 Å². The van der Waals surface area contributed by atoms with E-state index < -0.39 is 0 Å². The molecule has 2 saturated heterocycles. The Kier molecular flexibility index (Phi) is 8.72. The van der Waals surface area contributed by atoms with Crippen LogP contribution in [0.5, 0.6) is 5.75 Å². The number of piperazine rings is 1. The van der Waals surface area contributed by atoms with Gasteiger partial charge in [0, 0.05) is 56.2 Å². The lowest BCUT2D eigenvalue weighted by Gasteiger charge is -2.33. The van der Waals surface area contributed by atoms with Crippen LogP contribution in [0.3, 0.4) is 0 Å². The van der Waals surface area contributed by atoms with Gasteiger partial charge in [-0.15, -0.1) is 0 Å². The van der Waals surface area contributed by atoms with E-state index in [1.165, 1.54) is 0 Å². The zero-order valence-electron chi connectivity index (χ0n) is 22.9. The molecule has 3 heterocycles. The number of rotatable bonds is 7. The van der Waals surface area contributed by atoms with Crippen molar-refractivity contribution in [1.29, 1.82) is 0 Å². The number of carbonyl (C=O) groups is 2. The summed E-state index contributed by atoms with van der Waals surface area (Å²) in [5.74, 6) is 1.26. The molecule has 2 aliphatic rings. The lowest BCUT2D eigenvalue weighted by atomic mass is 10.1. The number of carbonyl (C=O) groups excluding carboxylic acids is 2. The number of nitrogens with zero attached hydrogens (tertiary/aromatic N) is 5. The Morgan fingerprint density at radius 1 is 0.875 bits per heavy atom. The van der Waals surface area contributed by atoms with Gasteiger partial charge in [0.25, 0.3) is 5.91 Å². The van der Waals surface area contributed by atoms with Gasteiger partial charge in [0.1, 0.15) is 0 Å². The fourth-order valence-electron chi connectivity index (χ4n) is 4.66. The van der Waals surface area contributed by atoms with E-state index in [1.807, 2.05) is 54.3 Å². The van der Waals surface area contributed by atoms with E-state index in [0.29, 0.717) is 74.8 Å². The van der Waals surface area contributed by atoms with Crippen LogP contribution in [0.1, 0.15) is 17.4 Å². The molecule has 0 bridgehead atoms. The van der Waals surface area contributed by atoms with Crippen LogP contribution in [0.4, 0.5) is 22.0 Å². The van der Waals surface area contributed by atoms with Crippen molar-refractivity contribution >= 4 is 29.1 Å². The summed E-state index contributed by atoms with van der Waals surface area (Å²) in [7, 11) is 2.05. The first-order valence-corrected chi connectivity index (χ1v) is 13.6. The lowest BCUT2D eigenvalue weighted by Crippen LogP contribution is -2.47. The standard InChI is InChI=1S/C29H35N7O4/c1-3-40-25-24(28(37)36-15-13-34(2)14-16-36)32-26(33-27(25)35-17-19-39-20-18-35)21-9-11-23(12-10-21)31-29(38)30-22-7-5-4-6-8-22/h4-12H,3,13-20H2,1-2H3,(H2,30,31,38). The quantitative estimate of drug-likeness (QED) is 0.465. The van der Waals surface area contributed by atoms with E-state index in [9.17, 15) is 9.59 Å². The van der Waals surface area contributed by atoms with Crippen molar-refractivity contribution in [2.75, 3.05) is 81.7 Å². The van der Waals surface area contributed by atoms with Gasteiger partial charge in [-0.25, -0.2) is 14.8 Å². The fourth-order valence-corrected chi connectivity index (χ4v) is 4.66. The van der Waals surface area contributed by atoms with Crippen LogP contribution < -0.4 is 20.3 Å². The second kappa shape index (κ2) is 12.8. The number of hydrogen-bond donors (Lipinski definition) is 2. The summed E-state index contributed by atoms with van der Waals surface area (Å²) < 4.78 is 11.6. The van der Waals surface area contributed by atoms with Crippen LogP contribution in [0, 0.1) is 0 Å². The predicted molar refractivity (Wildman–Crippen MR) is 154 cm³/mol. The first-order chi connectivity index (χ1) is 19.5. The fraction of sp³-hybridized carbons (Fsp3) is 0.379. The number of anilines is 3. The first kappa shape index (κ1) is 27.4. The minimum absolute atomic E-state index is 0.162. The molecule has 2 fully saturated rings. The average Bonchev–Trinajstić information content (AvgIpc) is 2.99. The van der Waals surface area contributed by atoms with Gasteiger partial charge in [-0.05, 0) is 50.4 Å². The molecular formula is C29H35N7O4. The van der Waals surface area contributed by atoms with Crippen LogP contribution in [-0.4, -0.2) is 97.8 Å². The molecular weight excluding hydrogens is 510 g/mol. The van der Waals surface area contributed by atoms with E-state index in [4.69, 9.17) is 19.4 Å². The van der Waals surface area contributed by atoms with Gasteiger partial charge in [0.2, 0.25) is 0 Å². The minimum Gasteiger partial charge on any atom is -0.488 e. The maximum Gasteiger partial charge on any atom is 0.323 e. The predicted octanol–water partition coefficient (Wildman–Crippen LogP) is 3.41. The summed E-state index contributed by atoms with van der Waals surface area (Å²) in [5.41, 5.74) is 2.30. The number of para-hydroxylation sites is 1. The van der Waals surface area contributed by atoms with Gasteiger partial charge >= 0.3 is 6.03 Å². The van der Waals surface area contributed by atoms with E-state index in [-0.39, 0.29) is 17.6 Å². The van der Waals surface area contributed by atoms with Gasteiger partial charge in [0.15, 0.2) is 23.1 Å². The number of ether oxygens (including phenoxy) is 2. The van der Waals surface area contributed by atoms with Crippen molar-refractivity contribution in [3.8, 4) is 17.1 Å². The monoisotopic (exact) mass is 545 g/mol. The van der Waals surface area contributed by atoms with Gasteiger partial charge in [-0.1, -0.05) is 18.2 Å². The molecule has 0 aliphatic carbocycles. The third-order valence-electron chi connectivity index (χ3n) is 6.87. The summed E-state index contributed by atoms with van der Waals surface area (Å²) in [5, 5.41) is 5.64. The normalized spacial score (nSPS) is 15.9. The first-order valence-electron chi connectivity index (χ1n) is 13.6. The molecule has 40 heavy (non-hydrogen) atoms. The zero-order chi connectivity index (χ0) is 27.9. The molecule has 2 N–H and O–H groups in total. The number of likely N-dealkylation sites (N-methyl/N-ethyl adjacent to an activating group) is 1. The number of morpholine rings is 1. The topological polar surface area (TPSA) is 112 Å². The Bertz CT molecular complexity index is 1310. The molecule has 1 aromatic heterocycles. The van der Waals surface area contributed by atoms with Crippen LogP contribution in [0.15, 0.2) is 54.6 Å². The molecule has 11 heteroatoms. The van der Waals surface area contributed by atoms with Crippen molar-refractivity contribution < 1.29 is 19.1 Å².